The molecule has 1 atom stereocenters. The zero-order valence-electron chi connectivity index (χ0n) is 18.2. The molecule has 1 unspecified atom stereocenters. The van der Waals surface area contributed by atoms with E-state index in [1.807, 2.05) is 38.1 Å². The van der Waals surface area contributed by atoms with Gasteiger partial charge >= 0.3 is 0 Å². The number of carbonyl (C=O) groups excluding carboxylic acids is 3. The maximum atomic E-state index is 12.4. The Morgan fingerprint density at radius 1 is 1.13 bits per heavy atom. The summed E-state index contributed by atoms with van der Waals surface area (Å²) in [5.41, 5.74) is 2.37. The van der Waals surface area contributed by atoms with Gasteiger partial charge in [0.15, 0.2) is 5.78 Å². The number of nitrogens with zero attached hydrogens (tertiary/aromatic N) is 1. The van der Waals surface area contributed by atoms with E-state index in [1.54, 1.807) is 29.2 Å². The minimum Gasteiger partial charge on any atom is -0.494 e. The Balaban J connectivity index is 1.50. The fraction of sp³-hybridized carbons (Fsp3) is 0.400. The quantitative estimate of drug-likeness (QED) is 0.574. The molecule has 1 saturated heterocycles. The van der Waals surface area contributed by atoms with Gasteiger partial charge in [-0.25, -0.2) is 0 Å². The fourth-order valence-corrected chi connectivity index (χ4v) is 3.61. The smallest absolute Gasteiger partial charge is 0.227 e. The van der Waals surface area contributed by atoms with Crippen LogP contribution < -0.4 is 15.0 Å². The standard InChI is InChI=1S/C25H30N2O4/c1-3-16-31-22-11-9-19(10-12-22)23(28)13-14-24(29)26-18(2)20-6-4-7-21(17-20)27-15-5-8-25(27)30/h4,6-7,9-12,17-18H,3,5,8,13-16H2,1-2H3,(H,26,29). The van der Waals surface area contributed by atoms with Crippen LogP contribution in [0.25, 0.3) is 0 Å². The fourth-order valence-electron chi connectivity index (χ4n) is 3.61. The molecule has 0 spiro atoms. The second-order valence-corrected chi connectivity index (χ2v) is 7.83. The SMILES string of the molecule is CCCOc1ccc(C(=O)CCC(=O)NC(C)c2cccc(N3CCCC3=O)c2)cc1. The third kappa shape index (κ3) is 6.17. The zero-order valence-corrected chi connectivity index (χ0v) is 18.2. The summed E-state index contributed by atoms with van der Waals surface area (Å²) in [6.45, 7) is 5.31. The molecule has 1 fully saturated rings. The summed E-state index contributed by atoms with van der Waals surface area (Å²) in [6.07, 6.45) is 2.66. The zero-order chi connectivity index (χ0) is 22.2. The number of carbonyl (C=O) groups is 3. The van der Waals surface area contributed by atoms with Gasteiger partial charge in [0.05, 0.1) is 12.6 Å². The van der Waals surface area contributed by atoms with E-state index in [2.05, 4.69) is 5.32 Å². The predicted octanol–water partition coefficient (Wildman–Crippen LogP) is 4.44. The molecule has 0 bridgehead atoms. The molecule has 1 aliphatic heterocycles. The number of hydrogen-bond donors (Lipinski definition) is 1. The maximum Gasteiger partial charge on any atom is 0.227 e. The summed E-state index contributed by atoms with van der Waals surface area (Å²) in [6, 6.07) is 14.5. The van der Waals surface area contributed by atoms with E-state index in [0.717, 1.165) is 36.4 Å². The van der Waals surface area contributed by atoms with Crippen LogP contribution in [0.15, 0.2) is 48.5 Å². The molecule has 6 nitrogen and oxygen atoms in total. The molecule has 31 heavy (non-hydrogen) atoms. The van der Waals surface area contributed by atoms with Crippen LogP contribution in [0, 0.1) is 0 Å². The first kappa shape index (κ1) is 22.5. The highest BCUT2D eigenvalue weighted by Crippen LogP contribution is 2.25. The highest BCUT2D eigenvalue weighted by molar-refractivity contribution is 5.98. The van der Waals surface area contributed by atoms with Crippen molar-refractivity contribution in [2.45, 2.75) is 52.0 Å². The minimum absolute atomic E-state index is 0.0700. The molecule has 1 N–H and O–H groups in total. The van der Waals surface area contributed by atoms with Gasteiger partial charge in [0.2, 0.25) is 11.8 Å². The van der Waals surface area contributed by atoms with Gasteiger partial charge in [0, 0.05) is 37.1 Å². The number of anilines is 1. The number of hydrogen-bond acceptors (Lipinski definition) is 4. The number of benzene rings is 2. The summed E-state index contributed by atoms with van der Waals surface area (Å²) in [5, 5.41) is 2.95. The van der Waals surface area contributed by atoms with Crippen molar-refractivity contribution in [3.05, 3.63) is 59.7 Å². The summed E-state index contributed by atoms with van der Waals surface area (Å²) in [7, 11) is 0. The molecule has 2 aromatic rings. The number of Topliss-reactive ketones (excluding diaryl/α,β-unsaturated/α-hetero) is 1. The molecule has 0 radical (unpaired) electrons. The first-order valence-corrected chi connectivity index (χ1v) is 10.9. The van der Waals surface area contributed by atoms with Crippen LogP contribution in [-0.2, 0) is 9.59 Å². The van der Waals surface area contributed by atoms with Gasteiger partial charge in [-0.15, -0.1) is 0 Å². The molecule has 0 aliphatic carbocycles. The molecular formula is C25H30N2O4. The van der Waals surface area contributed by atoms with Crippen LogP contribution in [0.4, 0.5) is 5.69 Å². The molecule has 6 heteroatoms. The Bertz CT molecular complexity index is 923. The minimum atomic E-state index is -0.213. The van der Waals surface area contributed by atoms with Crippen molar-refractivity contribution < 1.29 is 19.1 Å². The van der Waals surface area contributed by atoms with Crippen LogP contribution in [-0.4, -0.2) is 30.7 Å². The van der Waals surface area contributed by atoms with Crippen LogP contribution >= 0.6 is 0 Å². The topological polar surface area (TPSA) is 75.7 Å². The summed E-state index contributed by atoms with van der Waals surface area (Å²) < 4.78 is 5.52. The summed E-state index contributed by atoms with van der Waals surface area (Å²) in [4.78, 5) is 38.5. The van der Waals surface area contributed by atoms with Crippen LogP contribution in [0.1, 0.15) is 67.9 Å². The van der Waals surface area contributed by atoms with Crippen molar-refractivity contribution in [1.82, 2.24) is 5.32 Å². The lowest BCUT2D eigenvalue weighted by atomic mass is 10.0. The van der Waals surface area contributed by atoms with Crippen molar-refractivity contribution in [3.63, 3.8) is 0 Å². The first-order chi connectivity index (χ1) is 15.0. The monoisotopic (exact) mass is 422 g/mol. The van der Waals surface area contributed by atoms with Crippen LogP contribution in [0.2, 0.25) is 0 Å². The molecule has 2 aromatic carbocycles. The van der Waals surface area contributed by atoms with Crippen LogP contribution in [0.5, 0.6) is 5.75 Å². The number of nitrogens with one attached hydrogen (secondary N) is 1. The van der Waals surface area contributed by atoms with E-state index in [-0.39, 0.29) is 36.5 Å². The number of ketones is 1. The Labute approximate surface area is 183 Å². The van der Waals surface area contributed by atoms with Gasteiger partial charge in [-0.05, 0) is 61.7 Å². The molecule has 0 aromatic heterocycles. The second-order valence-electron chi connectivity index (χ2n) is 7.83. The summed E-state index contributed by atoms with van der Waals surface area (Å²) >= 11 is 0. The van der Waals surface area contributed by atoms with E-state index in [4.69, 9.17) is 4.74 Å². The summed E-state index contributed by atoms with van der Waals surface area (Å²) in [5.74, 6) is 0.630. The normalized spacial score (nSPS) is 14.4. The average Bonchev–Trinajstić information content (AvgIpc) is 3.22. The molecule has 164 valence electrons. The van der Waals surface area contributed by atoms with E-state index in [0.29, 0.717) is 18.6 Å². The molecule has 3 rings (SSSR count). The van der Waals surface area contributed by atoms with Crippen molar-refractivity contribution in [2.24, 2.45) is 0 Å². The Hall–Kier alpha value is -3.15. The number of ether oxygens (including phenoxy) is 1. The van der Waals surface area contributed by atoms with E-state index >= 15 is 0 Å². The van der Waals surface area contributed by atoms with Gasteiger partial charge in [-0.2, -0.15) is 0 Å². The Kier molecular flexibility index (Phi) is 7.82. The molecule has 2 amide bonds. The largest absolute Gasteiger partial charge is 0.494 e. The molecule has 1 heterocycles. The van der Waals surface area contributed by atoms with E-state index < -0.39 is 0 Å². The predicted molar refractivity (Wildman–Crippen MR) is 120 cm³/mol. The van der Waals surface area contributed by atoms with Crippen molar-refractivity contribution in [2.75, 3.05) is 18.1 Å². The Morgan fingerprint density at radius 3 is 2.58 bits per heavy atom. The molecular weight excluding hydrogens is 392 g/mol. The van der Waals surface area contributed by atoms with Gasteiger partial charge in [-0.3, -0.25) is 14.4 Å². The van der Waals surface area contributed by atoms with E-state index in [9.17, 15) is 14.4 Å². The molecule has 0 saturated carbocycles. The number of rotatable bonds is 10. The van der Waals surface area contributed by atoms with Crippen LogP contribution in [0.3, 0.4) is 0 Å². The van der Waals surface area contributed by atoms with Crippen molar-refractivity contribution in [1.29, 1.82) is 0 Å². The first-order valence-electron chi connectivity index (χ1n) is 10.9. The average molecular weight is 423 g/mol. The third-order valence-corrected chi connectivity index (χ3v) is 5.36. The highest BCUT2D eigenvalue weighted by atomic mass is 16.5. The highest BCUT2D eigenvalue weighted by Gasteiger charge is 2.22. The Morgan fingerprint density at radius 2 is 1.90 bits per heavy atom. The van der Waals surface area contributed by atoms with E-state index in [1.165, 1.54) is 0 Å². The lowest BCUT2D eigenvalue weighted by molar-refractivity contribution is -0.121. The van der Waals surface area contributed by atoms with Gasteiger partial charge in [0.1, 0.15) is 5.75 Å². The maximum absolute atomic E-state index is 12.4. The lowest BCUT2D eigenvalue weighted by Crippen LogP contribution is -2.27. The van der Waals surface area contributed by atoms with Gasteiger partial charge in [-0.1, -0.05) is 19.1 Å². The molecule has 1 aliphatic rings. The van der Waals surface area contributed by atoms with Gasteiger partial charge < -0.3 is 15.0 Å². The van der Waals surface area contributed by atoms with Crippen molar-refractivity contribution in [3.8, 4) is 5.75 Å². The van der Waals surface area contributed by atoms with Crippen molar-refractivity contribution >= 4 is 23.3 Å². The van der Waals surface area contributed by atoms with Gasteiger partial charge in [0.25, 0.3) is 0 Å². The lowest BCUT2D eigenvalue weighted by Gasteiger charge is -2.19. The second kappa shape index (κ2) is 10.8. The number of amides is 2. The third-order valence-electron chi connectivity index (χ3n) is 5.36.